The van der Waals surface area contributed by atoms with Crippen LogP contribution in [0.5, 0.6) is 0 Å². The fourth-order valence-electron chi connectivity index (χ4n) is 1.63. The number of carboxylic acid groups (broad SMARTS) is 1. The van der Waals surface area contributed by atoms with Gasteiger partial charge >= 0.3 is 5.97 Å². The molecule has 1 aromatic rings. The third-order valence-electron chi connectivity index (χ3n) is 2.77. The minimum atomic E-state index is -3.67. The normalized spacial score (nSPS) is 17.4. The molecule has 0 aromatic carbocycles. The van der Waals surface area contributed by atoms with Crippen LogP contribution in [0.1, 0.15) is 10.4 Å². The molecule has 18 heavy (non-hydrogen) atoms. The highest BCUT2D eigenvalue weighted by molar-refractivity contribution is 7.89. The molecule has 1 aliphatic rings. The zero-order valence-corrected chi connectivity index (χ0v) is 10.2. The van der Waals surface area contributed by atoms with Crippen LogP contribution in [0.4, 0.5) is 0 Å². The average Bonchev–Trinajstić information content (AvgIpc) is 2.27. The van der Waals surface area contributed by atoms with E-state index in [2.05, 4.69) is 4.98 Å². The van der Waals surface area contributed by atoms with Crippen molar-refractivity contribution >= 4 is 16.0 Å². The van der Waals surface area contributed by atoms with Crippen LogP contribution < -0.4 is 0 Å². The maximum Gasteiger partial charge on any atom is 0.337 e. The molecule has 7 nitrogen and oxygen atoms in total. The summed E-state index contributed by atoms with van der Waals surface area (Å²) in [5.41, 5.74) is -0.0641. The first-order chi connectivity index (χ1) is 8.45. The molecule has 8 heteroatoms. The zero-order chi connectivity index (χ0) is 13.3. The number of hydrogen-bond donors (Lipinski definition) is 2. The molecule has 98 valence electrons. The lowest BCUT2D eigenvalue weighted by Gasteiger charge is -2.36. The van der Waals surface area contributed by atoms with E-state index in [1.54, 1.807) is 0 Å². The molecule has 0 radical (unpaired) electrons. The maximum atomic E-state index is 12.0. The van der Waals surface area contributed by atoms with Crippen LogP contribution in [0, 0.1) is 5.92 Å². The average molecular weight is 272 g/mol. The minimum Gasteiger partial charge on any atom is -0.478 e. The highest BCUT2D eigenvalue weighted by Crippen LogP contribution is 2.23. The number of carbonyl (C=O) groups is 1. The van der Waals surface area contributed by atoms with Crippen LogP contribution >= 0.6 is 0 Å². The monoisotopic (exact) mass is 272 g/mol. The Labute approximate surface area is 104 Å². The molecule has 1 aromatic heterocycles. The Kier molecular flexibility index (Phi) is 3.33. The summed E-state index contributed by atoms with van der Waals surface area (Å²) in [7, 11) is -3.67. The van der Waals surface area contributed by atoms with Crippen molar-refractivity contribution < 1.29 is 23.4 Å². The number of hydrogen-bond acceptors (Lipinski definition) is 5. The van der Waals surface area contributed by atoms with Gasteiger partial charge in [0.05, 0.1) is 5.56 Å². The molecule has 0 amide bonds. The van der Waals surface area contributed by atoms with Gasteiger partial charge in [0.1, 0.15) is 0 Å². The van der Waals surface area contributed by atoms with E-state index in [1.165, 1.54) is 16.4 Å². The lowest BCUT2D eigenvalue weighted by molar-refractivity contribution is 0.0696. The molecule has 0 spiro atoms. The van der Waals surface area contributed by atoms with E-state index in [0.717, 1.165) is 6.20 Å². The first-order valence-electron chi connectivity index (χ1n) is 5.25. The summed E-state index contributed by atoms with van der Waals surface area (Å²) in [5, 5.41) is 17.3. The summed E-state index contributed by atoms with van der Waals surface area (Å²) < 4.78 is 25.2. The predicted molar refractivity (Wildman–Crippen MR) is 60.5 cm³/mol. The van der Waals surface area contributed by atoms with Crippen molar-refractivity contribution in [3.05, 3.63) is 23.9 Å². The zero-order valence-electron chi connectivity index (χ0n) is 9.35. The molecule has 2 N–H and O–H groups in total. The second-order valence-electron chi connectivity index (χ2n) is 4.06. The molecule has 0 saturated carbocycles. The quantitative estimate of drug-likeness (QED) is 0.757. The summed E-state index contributed by atoms with van der Waals surface area (Å²) in [4.78, 5) is 14.3. The van der Waals surface area contributed by atoms with Gasteiger partial charge in [0, 0.05) is 31.8 Å². The number of nitrogens with zero attached hydrogens (tertiary/aromatic N) is 2. The van der Waals surface area contributed by atoms with Gasteiger partial charge in [-0.2, -0.15) is 4.31 Å². The van der Waals surface area contributed by atoms with Crippen molar-refractivity contribution in [1.82, 2.24) is 9.29 Å². The molecular weight excluding hydrogens is 260 g/mol. The minimum absolute atomic E-state index is 0.0296. The van der Waals surface area contributed by atoms with Gasteiger partial charge < -0.3 is 10.2 Å². The molecule has 1 fully saturated rings. The second kappa shape index (κ2) is 4.63. The molecular formula is C10H12N2O5S. The second-order valence-corrected chi connectivity index (χ2v) is 5.95. The highest BCUT2D eigenvalue weighted by atomic mass is 32.2. The van der Waals surface area contributed by atoms with Gasteiger partial charge in [0.2, 0.25) is 0 Å². The molecule has 2 rings (SSSR count). The Bertz CT molecular complexity index is 548. The Morgan fingerprint density at radius 1 is 1.44 bits per heavy atom. The third kappa shape index (κ3) is 2.22. The van der Waals surface area contributed by atoms with Gasteiger partial charge in [-0.15, -0.1) is 0 Å². The van der Waals surface area contributed by atoms with Crippen LogP contribution in [-0.2, 0) is 10.0 Å². The Balaban J connectivity index is 2.18. The molecule has 0 aliphatic carbocycles. The van der Waals surface area contributed by atoms with E-state index >= 15 is 0 Å². The van der Waals surface area contributed by atoms with Gasteiger partial charge in [-0.25, -0.2) is 18.2 Å². The van der Waals surface area contributed by atoms with Crippen LogP contribution in [0.25, 0.3) is 0 Å². The number of aromatic carboxylic acids is 1. The van der Waals surface area contributed by atoms with E-state index in [4.69, 9.17) is 10.2 Å². The Hall–Kier alpha value is -1.51. The number of sulfonamides is 1. The van der Waals surface area contributed by atoms with Crippen LogP contribution in [-0.4, -0.2) is 53.6 Å². The topological polar surface area (TPSA) is 108 Å². The van der Waals surface area contributed by atoms with E-state index in [0.29, 0.717) is 0 Å². The maximum absolute atomic E-state index is 12.0. The summed E-state index contributed by atoms with van der Waals surface area (Å²) >= 11 is 0. The van der Waals surface area contributed by atoms with Gasteiger partial charge in [0.15, 0.2) is 5.03 Å². The molecule has 1 aliphatic heterocycles. The highest BCUT2D eigenvalue weighted by Gasteiger charge is 2.36. The smallest absolute Gasteiger partial charge is 0.337 e. The number of pyridine rings is 1. The Morgan fingerprint density at radius 3 is 2.56 bits per heavy atom. The van der Waals surface area contributed by atoms with Crippen molar-refractivity contribution in [2.24, 2.45) is 5.92 Å². The SMILES string of the molecule is O=C(O)c1ccc(S(=O)(=O)N2CC(CO)C2)nc1. The van der Waals surface area contributed by atoms with E-state index in [-0.39, 0.29) is 36.2 Å². The van der Waals surface area contributed by atoms with Crippen molar-refractivity contribution in [3.8, 4) is 0 Å². The summed E-state index contributed by atoms with van der Waals surface area (Å²) in [6, 6.07) is 2.37. The molecule has 1 saturated heterocycles. The first kappa shape index (κ1) is 12.9. The standard InChI is InChI=1S/C10H12N2O5S/c13-6-7-4-12(5-7)18(16,17)9-2-1-8(3-11-9)10(14)15/h1-3,7,13H,4-6H2,(H,14,15). The fraction of sp³-hybridized carbons (Fsp3) is 0.400. The Morgan fingerprint density at radius 2 is 2.11 bits per heavy atom. The van der Waals surface area contributed by atoms with Gasteiger partial charge in [0.25, 0.3) is 10.0 Å². The van der Waals surface area contributed by atoms with Crippen LogP contribution in [0.15, 0.2) is 23.4 Å². The van der Waals surface area contributed by atoms with Crippen molar-refractivity contribution in [2.75, 3.05) is 19.7 Å². The summed E-state index contributed by atoms with van der Waals surface area (Å²) in [6.45, 7) is 0.486. The first-order valence-corrected chi connectivity index (χ1v) is 6.69. The van der Waals surface area contributed by atoms with E-state index in [1.807, 2.05) is 0 Å². The van der Waals surface area contributed by atoms with Crippen molar-refractivity contribution in [1.29, 1.82) is 0 Å². The number of carboxylic acids is 1. The lowest BCUT2D eigenvalue weighted by Crippen LogP contribution is -2.51. The number of aromatic nitrogens is 1. The number of rotatable bonds is 4. The van der Waals surface area contributed by atoms with Gasteiger partial charge in [-0.3, -0.25) is 0 Å². The fourth-order valence-corrected chi connectivity index (χ4v) is 3.13. The van der Waals surface area contributed by atoms with Crippen LogP contribution in [0.2, 0.25) is 0 Å². The summed E-state index contributed by atoms with van der Waals surface area (Å²) in [6.07, 6.45) is 1.01. The molecule has 2 heterocycles. The van der Waals surface area contributed by atoms with E-state index < -0.39 is 16.0 Å². The molecule has 0 unspecified atom stereocenters. The van der Waals surface area contributed by atoms with Gasteiger partial charge in [-0.1, -0.05) is 0 Å². The number of aliphatic hydroxyl groups excluding tert-OH is 1. The van der Waals surface area contributed by atoms with Gasteiger partial charge in [-0.05, 0) is 12.1 Å². The predicted octanol–water partition coefficient (Wildman–Crippen LogP) is -0.607. The third-order valence-corrected chi connectivity index (χ3v) is 4.52. The molecule has 0 atom stereocenters. The lowest BCUT2D eigenvalue weighted by atomic mass is 10.1. The van der Waals surface area contributed by atoms with E-state index in [9.17, 15) is 13.2 Å². The summed E-state index contributed by atoms with van der Waals surface area (Å²) in [5.74, 6) is -1.19. The largest absolute Gasteiger partial charge is 0.478 e. The molecule has 0 bridgehead atoms. The van der Waals surface area contributed by atoms with Crippen molar-refractivity contribution in [2.45, 2.75) is 5.03 Å². The number of aliphatic hydroxyl groups is 1. The van der Waals surface area contributed by atoms with Crippen molar-refractivity contribution in [3.63, 3.8) is 0 Å². The van der Waals surface area contributed by atoms with Crippen LogP contribution in [0.3, 0.4) is 0 Å².